The van der Waals surface area contributed by atoms with Crippen LogP contribution in [0.15, 0.2) is 0 Å². The first-order valence-electron chi connectivity index (χ1n) is 11.0. The number of hydrogen-bond acceptors (Lipinski definition) is 0. The molecule has 0 aliphatic rings. The minimum atomic E-state index is -1.78. The molecule has 0 spiro atoms. The van der Waals surface area contributed by atoms with E-state index in [1.807, 2.05) is 0 Å². The van der Waals surface area contributed by atoms with Crippen molar-refractivity contribution in [2.45, 2.75) is 155 Å². The molecular formula is C24H54Li2Si3+. The van der Waals surface area contributed by atoms with Crippen LogP contribution in [0.2, 0.25) is 30.2 Å². The van der Waals surface area contributed by atoms with E-state index in [1.54, 1.807) is 0 Å². The third kappa shape index (κ3) is 6.05. The topological polar surface area (TPSA) is 0 Å². The summed E-state index contributed by atoms with van der Waals surface area (Å²) in [6, 6.07) is 0. The van der Waals surface area contributed by atoms with Gasteiger partial charge in [0.05, 0.1) is 0 Å². The van der Waals surface area contributed by atoms with Crippen LogP contribution in [0.1, 0.15) is 125 Å². The summed E-state index contributed by atoms with van der Waals surface area (Å²) in [6.45, 7) is 46.4. The Bertz CT molecular complexity index is 393. The van der Waals surface area contributed by atoms with E-state index in [4.69, 9.17) is 0 Å². The fourth-order valence-electron chi connectivity index (χ4n) is 8.16. The third-order valence-corrected chi connectivity index (χ3v) is 43.9. The fourth-order valence-corrected chi connectivity index (χ4v) is 58.2. The van der Waals surface area contributed by atoms with Gasteiger partial charge in [-0.15, -0.1) is 15.2 Å². The van der Waals surface area contributed by atoms with Gasteiger partial charge in [-0.25, -0.2) is 0 Å². The van der Waals surface area contributed by atoms with E-state index >= 15 is 0 Å². The number of rotatable bonds is 2. The van der Waals surface area contributed by atoms with E-state index in [9.17, 15) is 0 Å². The summed E-state index contributed by atoms with van der Waals surface area (Å²) >= 11 is 0. The average molecular weight is 441 g/mol. The molecular weight excluding hydrogens is 386 g/mol. The van der Waals surface area contributed by atoms with Gasteiger partial charge in [-0.05, 0) is 0 Å². The van der Waals surface area contributed by atoms with Gasteiger partial charge in [0.15, 0.2) is 0 Å². The van der Waals surface area contributed by atoms with E-state index in [2.05, 4.69) is 125 Å². The summed E-state index contributed by atoms with van der Waals surface area (Å²) in [5.74, 6) is 0. The molecule has 0 unspecified atom stereocenters. The molecule has 163 valence electrons. The van der Waals surface area contributed by atoms with Gasteiger partial charge in [-0.3, -0.25) is 0 Å². The Balaban J connectivity index is -0.00000338. The van der Waals surface area contributed by atoms with Crippen molar-refractivity contribution in [2.75, 3.05) is 0 Å². The summed E-state index contributed by atoms with van der Waals surface area (Å²) < 4.78 is 0. The van der Waals surface area contributed by atoms with Gasteiger partial charge in [0, 0.05) is 0 Å². The molecule has 0 aromatic carbocycles. The van der Waals surface area contributed by atoms with Crippen LogP contribution in [-0.2, 0) is 0 Å². The molecule has 1 radical (unpaired) electrons. The molecule has 0 aliphatic carbocycles. The molecule has 0 aromatic heterocycles. The molecule has 0 atom stereocenters. The molecule has 0 heterocycles. The van der Waals surface area contributed by atoms with Crippen molar-refractivity contribution in [2.24, 2.45) is 0 Å². The van der Waals surface area contributed by atoms with Crippen molar-refractivity contribution in [3.8, 4) is 0 Å². The second-order valence-corrected chi connectivity index (χ2v) is 34.9. The molecule has 0 N–H and O–H groups in total. The molecule has 29 heavy (non-hydrogen) atoms. The first-order valence-corrected chi connectivity index (χ1v) is 18.0. The van der Waals surface area contributed by atoms with Crippen LogP contribution >= 0.6 is 0 Å². The zero-order valence-electron chi connectivity index (χ0n) is 24.5. The molecule has 0 saturated carbocycles. The standard InChI is InChI=1S/C24H54Si3.2Li/c1-19(2,3)26(20(4,5)6,21(7,8)9)25-27(22(10,11)12,23(13,14)15)24(16,17)18;;/h1-18H3;;/q-1;2*+1. The van der Waals surface area contributed by atoms with Crippen LogP contribution in [-0.4, -0.2) is 23.7 Å². The second-order valence-electron chi connectivity index (χ2n) is 15.1. The summed E-state index contributed by atoms with van der Waals surface area (Å²) in [5.41, 5.74) is 0. The molecule has 0 rings (SSSR count). The Labute approximate surface area is 215 Å². The van der Waals surface area contributed by atoms with Crippen molar-refractivity contribution in [1.29, 1.82) is 0 Å². The van der Waals surface area contributed by atoms with Gasteiger partial charge in [-0.2, -0.15) is 0 Å². The zero-order chi connectivity index (χ0) is 22.7. The van der Waals surface area contributed by atoms with E-state index < -0.39 is 15.2 Å². The van der Waals surface area contributed by atoms with Gasteiger partial charge in [0.1, 0.15) is 0 Å². The van der Waals surface area contributed by atoms with Crippen LogP contribution in [0.3, 0.4) is 0 Å². The Hall–Kier alpha value is 1.85. The zero-order valence-corrected chi connectivity index (χ0v) is 27.5. The Morgan fingerprint density at radius 1 is 0.310 bits per heavy atom. The normalized spacial score (nSPS) is 15.5. The summed E-state index contributed by atoms with van der Waals surface area (Å²) in [7, 11) is -2.41. The van der Waals surface area contributed by atoms with E-state index in [0.717, 1.165) is 8.55 Å². The largest absolute Gasteiger partial charge is 1.00 e. The summed E-state index contributed by atoms with van der Waals surface area (Å²) in [5, 5.41) is 2.26. The Morgan fingerprint density at radius 2 is 0.414 bits per heavy atom. The Morgan fingerprint density at radius 3 is 0.483 bits per heavy atom. The van der Waals surface area contributed by atoms with Gasteiger partial charge in [0.2, 0.25) is 0 Å². The summed E-state index contributed by atoms with van der Waals surface area (Å²) in [6.07, 6.45) is 0. The first kappa shape index (κ1) is 35.4. The maximum atomic E-state index is 2.58. The molecule has 0 aliphatic heterocycles. The minimum absolute atomic E-state index is 0. The Kier molecular flexibility index (Phi) is 11.7. The van der Waals surface area contributed by atoms with Gasteiger partial charge < -0.3 is 8.55 Å². The van der Waals surface area contributed by atoms with Crippen molar-refractivity contribution in [3.05, 3.63) is 0 Å². The van der Waals surface area contributed by atoms with E-state index in [0.29, 0.717) is 30.2 Å². The average Bonchev–Trinajstić information content (AvgIpc) is 2.16. The van der Waals surface area contributed by atoms with Crippen molar-refractivity contribution in [1.82, 2.24) is 0 Å². The van der Waals surface area contributed by atoms with Gasteiger partial charge >= 0.3 is 37.7 Å². The fraction of sp³-hybridized carbons (Fsp3) is 1.00. The predicted molar refractivity (Wildman–Crippen MR) is 136 cm³/mol. The van der Waals surface area contributed by atoms with E-state index in [1.165, 1.54) is 0 Å². The third-order valence-electron chi connectivity index (χ3n) is 7.12. The van der Waals surface area contributed by atoms with E-state index in [-0.39, 0.29) is 37.7 Å². The molecule has 0 amide bonds. The van der Waals surface area contributed by atoms with Crippen LogP contribution in [0, 0.1) is 0 Å². The second kappa shape index (κ2) is 9.61. The van der Waals surface area contributed by atoms with Crippen LogP contribution in [0.4, 0.5) is 0 Å². The van der Waals surface area contributed by atoms with Crippen molar-refractivity contribution in [3.63, 3.8) is 0 Å². The van der Waals surface area contributed by atoms with Crippen LogP contribution < -0.4 is 37.7 Å². The molecule has 0 bridgehead atoms. The first-order chi connectivity index (χ1) is 11.2. The van der Waals surface area contributed by atoms with Crippen molar-refractivity contribution >= 4 is 23.7 Å². The monoisotopic (exact) mass is 440 g/mol. The van der Waals surface area contributed by atoms with Crippen molar-refractivity contribution < 1.29 is 37.7 Å². The van der Waals surface area contributed by atoms with Crippen LogP contribution in [0.5, 0.6) is 0 Å². The predicted octanol–water partition coefficient (Wildman–Crippen LogP) is 3.39. The molecule has 0 aromatic rings. The minimum Gasteiger partial charge on any atom is -0.420 e. The quantitative estimate of drug-likeness (QED) is 0.577. The maximum Gasteiger partial charge on any atom is 1.00 e. The number of hydrogen-bond donors (Lipinski definition) is 0. The molecule has 0 nitrogen and oxygen atoms in total. The smallest absolute Gasteiger partial charge is 0.420 e. The summed E-state index contributed by atoms with van der Waals surface area (Å²) in [4.78, 5) is 0. The SMILES string of the molecule is CC(C)(C)[Si]([Si-][Si](C(C)(C)C)(C(C)(C)C)C(C)(C)C)(C(C)(C)C)C(C)(C)C.[Li+].[Li+]. The maximum absolute atomic E-state index is 2.58. The molecule has 5 heteroatoms. The molecule has 0 saturated heterocycles. The molecule has 0 fully saturated rings. The van der Waals surface area contributed by atoms with Crippen LogP contribution in [0.25, 0.3) is 0 Å². The van der Waals surface area contributed by atoms with Gasteiger partial charge in [-0.1, -0.05) is 155 Å². The van der Waals surface area contributed by atoms with Gasteiger partial charge in [0.25, 0.3) is 0 Å².